The summed E-state index contributed by atoms with van der Waals surface area (Å²) in [5.74, 6) is -1.85. The van der Waals surface area contributed by atoms with Gasteiger partial charge in [-0.25, -0.2) is 8.78 Å². The number of hydrogen-bond donors (Lipinski definition) is 0. The maximum Gasteiger partial charge on any atom is 0.176 e. The third-order valence-corrected chi connectivity index (χ3v) is 2.70. The van der Waals surface area contributed by atoms with E-state index < -0.39 is 11.6 Å². The van der Waals surface area contributed by atoms with Crippen LogP contribution in [0.15, 0.2) is 17.5 Å². The highest BCUT2D eigenvalue weighted by Gasteiger charge is 2.12. The van der Waals surface area contributed by atoms with Gasteiger partial charge in [0.15, 0.2) is 17.9 Å². The van der Waals surface area contributed by atoms with Crippen LogP contribution in [0.3, 0.4) is 0 Å². The second kappa shape index (κ2) is 2.88. The molecule has 0 spiro atoms. The van der Waals surface area contributed by atoms with Crippen LogP contribution in [-0.2, 0) is 0 Å². The minimum absolute atomic E-state index is 0.190. The maximum atomic E-state index is 13.1. The van der Waals surface area contributed by atoms with Crippen molar-refractivity contribution < 1.29 is 13.6 Å². The smallest absolute Gasteiger partial charge is 0.176 e. The van der Waals surface area contributed by atoms with Crippen molar-refractivity contribution in [3.63, 3.8) is 0 Å². The fourth-order valence-electron chi connectivity index (χ4n) is 1.19. The summed E-state index contributed by atoms with van der Waals surface area (Å²) in [7, 11) is 0. The first-order chi connectivity index (χ1) is 6.24. The van der Waals surface area contributed by atoms with Gasteiger partial charge in [0.05, 0.1) is 4.70 Å². The van der Waals surface area contributed by atoms with Crippen LogP contribution in [0, 0.1) is 11.6 Å². The lowest BCUT2D eigenvalue weighted by atomic mass is 10.1. The van der Waals surface area contributed by atoms with E-state index in [2.05, 4.69) is 0 Å². The molecule has 2 rings (SSSR count). The van der Waals surface area contributed by atoms with Crippen LogP contribution in [0.4, 0.5) is 8.78 Å². The molecule has 66 valence electrons. The van der Waals surface area contributed by atoms with Gasteiger partial charge in [0.2, 0.25) is 0 Å². The molecule has 1 heterocycles. The molecule has 0 radical (unpaired) electrons. The Morgan fingerprint density at radius 1 is 1.38 bits per heavy atom. The Morgan fingerprint density at radius 3 is 2.85 bits per heavy atom. The van der Waals surface area contributed by atoms with Crippen molar-refractivity contribution in [2.75, 3.05) is 0 Å². The van der Waals surface area contributed by atoms with Crippen LogP contribution < -0.4 is 0 Å². The predicted octanol–water partition coefficient (Wildman–Crippen LogP) is 2.99. The Labute approximate surface area is 76.6 Å². The minimum atomic E-state index is -0.975. The molecule has 1 nitrogen and oxygen atoms in total. The molecule has 2 aromatic rings. The molecular weight excluding hydrogens is 194 g/mol. The van der Waals surface area contributed by atoms with Gasteiger partial charge < -0.3 is 0 Å². The Morgan fingerprint density at radius 2 is 2.15 bits per heavy atom. The van der Waals surface area contributed by atoms with E-state index in [1.54, 1.807) is 11.4 Å². The quantitative estimate of drug-likeness (QED) is 0.644. The second-order valence-corrected chi connectivity index (χ2v) is 3.46. The van der Waals surface area contributed by atoms with E-state index in [1.165, 1.54) is 0 Å². The van der Waals surface area contributed by atoms with Gasteiger partial charge in [0.1, 0.15) is 0 Å². The molecule has 4 heteroatoms. The normalized spacial score (nSPS) is 10.6. The van der Waals surface area contributed by atoms with Gasteiger partial charge in [-0.15, -0.1) is 11.3 Å². The number of hydrogen-bond acceptors (Lipinski definition) is 2. The number of fused-ring (bicyclic) bond motifs is 1. The molecule has 0 amide bonds. The average Bonchev–Trinajstić information content (AvgIpc) is 2.60. The van der Waals surface area contributed by atoms with Crippen LogP contribution in [0.1, 0.15) is 10.4 Å². The summed E-state index contributed by atoms with van der Waals surface area (Å²) >= 11 is 1.08. The van der Waals surface area contributed by atoms with Crippen molar-refractivity contribution >= 4 is 27.7 Å². The van der Waals surface area contributed by atoms with E-state index in [1.807, 2.05) is 0 Å². The van der Waals surface area contributed by atoms with Crippen molar-refractivity contribution in [2.24, 2.45) is 0 Å². The number of rotatable bonds is 1. The summed E-state index contributed by atoms with van der Waals surface area (Å²) in [5.41, 5.74) is 0.190. The Hall–Kier alpha value is -1.29. The van der Waals surface area contributed by atoms with E-state index in [9.17, 15) is 13.6 Å². The van der Waals surface area contributed by atoms with Gasteiger partial charge in [-0.2, -0.15) is 0 Å². The summed E-state index contributed by atoms with van der Waals surface area (Å²) in [4.78, 5) is 10.5. The van der Waals surface area contributed by atoms with E-state index in [-0.39, 0.29) is 10.3 Å². The zero-order chi connectivity index (χ0) is 9.42. The molecule has 0 bridgehead atoms. The van der Waals surface area contributed by atoms with Crippen molar-refractivity contribution in [1.29, 1.82) is 0 Å². The molecule has 1 aromatic carbocycles. The third-order valence-electron chi connectivity index (χ3n) is 1.79. The van der Waals surface area contributed by atoms with Crippen molar-refractivity contribution in [3.05, 3.63) is 34.7 Å². The monoisotopic (exact) mass is 198 g/mol. The number of halogens is 2. The fourth-order valence-corrected chi connectivity index (χ4v) is 2.04. The van der Waals surface area contributed by atoms with Gasteiger partial charge >= 0.3 is 0 Å². The molecule has 0 aliphatic carbocycles. The Kier molecular flexibility index (Phi) is 1.84. The molecule has 0 aliphatic rings. The van der Waals surface area contributed by atoms with Crippen LogP contribution in [0.2, 0.25) is 0 Å². The topological polar surface area (TPSA) is 17.1 Å². The lowest BCUT2D eigenvalue weighted by Crippen LogP contribution is -1.88. The summed E-state index contributed by atoms with van der Waals surface area (Å²) in [5, 5.41) is 2.10. The molecule has 1 aromatic heterocycles. The van der Waals surface area contributed by atoms with E-state index in [0.29, 0.717) is 11.7 Å². The zero-order valence-electron chi connectivity index (χ0n) is 6.38. The number of benzene rings is 1. The Bertz CT molecular complexity index is 476. The van der Waals surface area contributed by atoms with Gasteiger partial charge in [-0.1, -0.05) is 0 Å². The molecule has 0 saturated heterocycles. The van der Waals surface area contributed by atoms with Gasteiger partial charge in [-0.05, 0) is 17.5 Å². The lowest BCUT2D eigenvalue weighted by Gasteiger charge is -1.97. The summed E-state index contributed by atoms with van der Waals surface area (Å²) in [6, 6.07) is 2.52. The molecule has 0 unspecified atom stereocenters. The highest BCUT2D eigenvalue weighted by Crippen LogP contribution is 2.28. The van der Waals surface area contributed by atoms with Crippen LogP contribution in [-0.4, -0.2) is 6.29 Å². The molecule has 0 atom stereocenters. The standard InChI is InChI=1S/C9H4F2OS/c10-7-3-5(4-12)6-1-2-13-9(6)8(7)11/h1-4H. The minimum Gasteiger partial charge on any atom is -0.298 e. The zero-order valence-corrected chi connectivity index (χ0v) is 7.20. The molecule has 0 fully saturated rings. The van der Waals surface area contributed by atoms with Crippen LogP contribution >= 0.6 is 11.3 Å². The van der Waals surface area contributed by atoms with Crippen LogP contribution in [0.5, 0.6) is 0 Å². The highest BCUT2D eigenvalue weighted by atomic mass is 32.1. The SMILES string of the molecule is O=Cc1cc(F)c(F)c2sccc12. The second-order valence-electron chi connectivity index (χ2n) is 2.54. The van der Waals surface area contributed by atoms with E-state index in [0.717, 1.165) is 17.4 Å². The summed E-state index contributed by atoms with van der Waals surface area (Å²) in [6.07, 6.45) is 0.525. The highest BCUT2D eigenvalue weighted by molar-refractivity contribution is 7.17. The number of thiophene rings is 1. The van der Waals surface area contributed by atoms with E-state index in [4.69, 9.17) is 0 Å². The Balaban J connectivity index is 2.95. The first-order valence-electron chi connectivity index (χ1n) is 3.54. The van der Waals surface area contributed by atoms with Crippen LogP contribution in [0.25, 0.3) is 10.1 Å². The van der Waals surface area contributed by atoms with E-state index >= 15 is 0 Å². The maximum absolute atomic E-state index is 13.1. The number of carbonyl (C=O) groups excluding carboxylic acids is 1. The van der Waals surface area contributed by atoms with Gasteiger partial charge in [-0.3, -0.25) is 4.79 Å². The molecule has 13 heavy (non-hydrogen) atoms. The fraction of sp³-hybridized carbons (Fsp3) is 0. The predicted molar refractivity (Wildman–Crippen MR) is 47.1 cm³/mol. The van der Waals surface area contributed by atoms with Gasteiger partial charge in [0, 0.05) is 10.9 Å². The van der Waals surface area contributed by atoms with Crippen molar-refractivity contribution in [3.8, 4) is 0 Å². The molecule has 0 N–H and O–H groups in total. The molecular formula is C9H4F2OS. The number of carbonyl (C=O) groups is 1. The first kappa shape index (κ1) is 8.31. The largest absolute Gasteiger partial charge is 0.298 e. The summed E-state index contributed by atoms with van der Waals surface area (Å²) in [6.45, 7) is 0. The molecule has 0 saturated carbocycles. The first-order valence-corrected chi connectivity index (χ1v) is 4.42. The lowest BCUT2D eigenvalue weighted by molar-refractivity contribution is 0.112. The van der Waals surface area contributed by atoms with Gasteiger partial charge in [0.25, 0.3) is 0 Å². The third kappa shape index (κ3) is 1.14. The number of aldehydes is 1. The average molecular weight is 198 g/mol. The van der Waals surface area contributed by atoms with Crippen molar-refractivity contribution in [1.82, 2.24) is 0 Å². The van der Waals surface area contributed by atoms with Crippen molar-refractivity contribution in [2.45, 2.75) is 0 Å². The summed E-state index contributed by atoms with van der Waals surface area (Å²) < 4.78 is 26.1. The molecule has 0 aliphatic heterocycles.